The number of hydrogen-bond donors (Lipinski definition) is 2. The second kappa shape index (κ2) is 5.97. The maximum atomic E-state index is 13.7. The number of carboxylic acids is 1. The second-order valence-corrected chi connectivity index (χ2v) is 6.89. The lowest BCUT2D eigenvalue weighted by molar-refractivity contribution is -0.136. The highest BCUT2D eigenvalue weighted by atomic mass is 16.5. The first-order valence-electron chi connectivity index (χ1n) is 8.67. The summed E-state index contributed by atoms with van der Waals surface area (Å²) in [6.07, 6.45) is 0. The van der Waals surface area contributed by atoms with Crippen molar-refractivity contribution < 1.29 is 19.4 Å². The Kier molecular flexibility index (Phi) is 3.77. The predicted octanol–water partition coefficient (Wildman–Crippen LogP) is 0.497. The number of nitriles is 1. The summed E-state index contributed by atoms with van der Waals surface area (Å²) < 4.78 is 6.90. The molecule has 3 N–H and O–H groups in total. The Balaban J connectivity index is 2.19. The van der Waals surface area contributed by atoms with E-state index in [4.69, 9.17) is 10.5 Å². The van der Waals surface area contributed by atoms with Crippen LogP contribution in [0, 0.1) is 18.3 Å². The van der Waals surface area contributed by atoms with Crippen molar-refractivity contribution in [1.29, 1.82) is 5.26 Å². The van der Waals surface area contributed by atoms with E-state index >= 15 is 0 Å². The number of carbonyl (C=O) groups excluding carboxylic acids is 1. The molecule has 3 heterocycles. The minimum absolute atomic E-state index is 0.0540. The highest BCUT2D eigenvalue weighted by molar-refractivity contribution is 6.15. The molecule has 1 aromatic carbocycles. The van der Waals surface area contributed by atoms with Crippen LogP contribution in [0.1, 0.15) is 16.8 Å². The molecule has 2 aromatic rings. The van der Waals surface area contributed by atoms with Crippen molar-refractivity contribution in [2.24, 2.45) is 12.8 Å². The van der Waals surface area contributed by atoms with Crippen LogP contribution in [0.2, 0.25) is 0 Å². The number of aliphatic carboxylic acids is 1. The number of aryl methyl sites for hydroxylation is 1. The molecule has 0 saturated carbocycles. The second-order valence-electron chi connectivity index (χ2n) is 6.89. The van der Waals surface area contributed by atoms with Crippen LogP contribution in [-0.2, 0) is 22.1 Å². The van der Waals surface area contributed by atoms with Crippen LogP contribution in [0.3, 0.4) is 0 Å². The van der Waals surface area contributed by atoms with Gasteiger partial charge < -0.3 is 20.1 Å². The monoisotopic (exact) mass is 392 g/mol. The van der Waals surface area contributed by atoms with Crippen molar-refractivity contribution in [3.8, 4) is 11.8 Å². The number of para-hydroxylation sites is 1. The zero-order chi connectivity index (χ0) is 21.1. The van der Waals surface area contributed by atoms with E-state index in [0.29, 0.717) is 16.9 Å². The number of anilines is 1. The Labute approximate surface area is 164 Å². The molecule has 0 aliphatic carbocycles. The van der Waals surface area contributed by atoms with Gasteiger partial charge >= 0.3 is 5.97 Å². The number of ether oxygens (including phenoxy) is 1. The average Bonchev–Trinajstić information content (AvgIpc) is 2.90. The maximum Gasteiger partial charge on any atom is 0.323 e. The molecule has 9 nitrogen and oxygen atoms in total. The average molecular weight is 392 g/mol. The first-order valence-corrected chi connectivity index (χ1v) is 8.67. The number of carboxylic acid groups (broad SMARTS) is 1. The fraction of sp³-hybridized carbons (Fsp3) is 0.200. The van der Waals surface area contributed by atoms with Crippen molar-refractivity contribution in [2.75, 3.05) is 11.4 Å². The summed E-state index contributed by atoms with van der Waals surface area (Å²) in [5.74, 6) is -2.19. The van der Waals surface area contributed by atoms with E-state index < -0.39 is 29.4 Å². The lowest BCUT2D eigenvalue weighted by atomic mass is 9.69. The zero-order valence-corrected chi connectivity index (χ0v) is 15.6. The summed E-state index contributed by atoms with van der Waals surface area (Å²) in [5.41, 5.74) is 4.49. The van der Waals surface area contributed by atoms with E-state index in [-0.39, 0.29) is 22.8 Å². The molecule has 4 rings (SSSR count). The van der Waals surface area contributed by atoms with Gasteiger partial charge in [-0.1, -0.05) is 18.2 Å². The van der Waals surface area contributed by atoms with Crippen molar-refractivity contribution in [1.82, 2.24) is 4.57 Å². The fourth-order valence-corrected chi connectivity index (χ4v) is 4.06. The molecule has 0 fully saturated rings. The number of fused-ring (bicyclic) bond motifs is 4. The molecule has 146 valence electrons. The number of pyridine rings is 1. The SMILES string of the molecule is Cc1cc2c(c(=O)n1C)C1(C(=O)N(CC(=O)O)c3ccccc31)C(C#N)=C(N)O2. The molecule has 0 radical (unpaired) electrons. The van der Waals surface area contributed by atoms with Crippen molar-refractivity contribution in [3.05, 3.63) is 69.0 Å². The topological polar surface area (TPSA) is 139 Å². The van der Waals surface area contributed by atoms with Gasteiger partial charge in [-0.25, -0.2) is 0 Å². The Hall–Kier alpha value is -4.06. The molecular formula is C20H16N4O5. The number of aromatic nitrogens is 1. The Bertz CT molecular complexity index is 1240. The van der Waals surface area contributed by atoms with Crippen molar-refractivity contribution in [2.45, 2.75) is 12.3 Å². The van der Waals surface area contributed by atoms with Gasteiger partial charge in [0, 0.05) is 30.1 Å². The Morgan fingerprint density at radius 2 is 2.03 bits per heavy atom. The molecule has 1 amide bonds. The van der Waals surface area contributed by atoms with Gasteiger partial charge in [-0.2, -0.15) is 5.26 Å². The number of amides is 1. The molecule has 0 bridgehead atoms. The first-order chi connectivity index (χ1) is 13.7. The Morgan fingerprint density at radius 1 is 1.34 bits per heavy atom. The summed E-state index contributed by atoms with van der Waals surface area (Å²) in [6.45, 7) is 1.07. The van der Waals surface area contributed by atoms with Gasteiger partial charge in [-0.05, 0) is 13.0 Å². The Morgan fingerprint density at radius 3 is 2.69 bits per heavy atom. The standard InChI is InChI=1S/C20H16N4O5/c1-10-7-14-16(18(27)23(10)2)20(12(8-21)17(22)29-14)11-5-3-4-6-13(11)24(19(20)28)9-15(25)26/h3-7H,9,22H2,1-2H3,(H,25,26). The van der Waals surface area contributed by atoms with Crippen LogP contribution in [0.5, 0.6) is 5.75 Å². The van der Waals surface area contributed by atoms with Crippen LogP contribution in [0.4, 0.5) is 5.69 Å². The predicted molar refractivity (Wildman–Crippen MR) is 101 cm³/mol. The molecule has 1 unspecified atom stereocenters. The number of carbonyl (C=O) groups is 2. The van der Waals surface area contributed by atoms with E-state index in [9.17, 15) is 24.8 Å². The van der Waals surface area contributed by atoms with Gasteiger partial charge in [0.15, 0.2) is 5.41 Å². The van der Waals surface area contributed by atoms with Crippen molar-refractivity contribution >= 4 is 17.6 Å². The van der Waals surface area contributed by atoms with Gasteiger partial charge in [-0.15, -0.1) is 0 Å². The van der Waals surface area contributed by atoms with Gasteiger partial charge in [-0.3, -0.25) is 19.3 Å². The third-order valence-electron chi connectivity index (χ3n) is 5.42. The fourth-order valence-electron chi connectivity index (χ4n) is 4.06. The van der Waals surface area contributed by atoms with Gasteiger partial charge in [0.1, 0.15) is 23.9 Å². The van der Waals surface area contributed by atoms with Gasteiger partial charge in [0.05, 0.1) is 5.56 Å². The van der Waals surface area contributed by atoms with Crippen LogP contribution in [0.15, 0.2) is 46.6 Å². The third kappa shape index (κ3) is 2.17. The van der Waals surface area contributed by atoms with Gasteiger partial charge in [0.25, 0.3) is 5.56 Å². The molecule has 2 aliphatic heterocycles. The zero-order valence-electron chi connectivity index (χ0n) is 15.6. The summed E-state index contributed by atoms with van der Waals surface area (Å²) >= 11 is 0. The summed E-state index contributed by atoms with van der Waals surface area (Å²) in [5, 5.41) is 19.2. The molecule has 0 saturated heterocycles. The van der Waals surface area contributed by atoms with E-state index in [2.05, 4.69) is 0 Å². The van der Waals surface area contributed by atoms with Crippen molar-refractivity contribution in [3.63, 3.8) is 0 Å². The largest absolute Gasteiger partial charge is 0.480 e. The minimum atomic E-state index is -1.87. The summed E-state index contributed by atoms with van der Waals surface area (Å²) in [6, 6.07) is 9.95. The molecule has 9 heteroatoms. The maximum absolute atomic E-state index is 13.7. The van der Waals surface area contributed by atoms with Crippen LogP contribution in [-0.4, -0.2) is 28.1 Å². The highest BCUT2D eigenvalue weighted by Gasteiger charge is 2.60. The third-order valence-corrected chi connectivity index (χ3v) is 5.42. The van der Waals surface area contributed by atoms with E-state index in [1.54, 1.807) is 44.3 Å². The van der Waals surface area contributed by atoms with Crippen LogP contribution >= 0.6 is 0 Å². The smallest absolute Gasteiger partial charge is 0.323 e. The van der Waals surface area contributed by atoms with E-state index in [1.807, 2.05) is 6.07 Å². The summed E-state index contributed by atoms with van der Waals surface area (Å²) in [7, 11) is 1.54. The van der Waals surface area contributed by atoms with E-state index in [1.165, 1.54) is 4.57 Å². The lowest BCUT2D eigenvalue weighted by Gasteiger charge is -2.34. The highest BCUT2D eigenvalue weighted by Crippen LogP contribution is 2.53. The number of benzene rings is 1. The molecule has 1 atom stereocenters. The molecule has 1 spiro atoms. The van der Waals surface area contributed by atoms with E-state index in [0.717, 1.165) is 4.90 Å². The number of rotatable bonds is 2. The quantitative estimate of drug-likeness (QED) is 0.758. The van der Waals surface area contributed by atoms with Gasteiger partial charge in [0.2, 0.25) is 11.8 Å². The number of hydrogen-bond acceptors (Lipinski definition) is 6. The normalized spacial score (nSPS) is 19.6. The number of nitrogens with zero attached hydrogens (tertiary/aromatic N) is 3. The lowest BCUT2D eigenvalue weighted by Crippen LogP contribution is -2.50. The van der Waals surface area contributed by atoms with Crippen LogP contribution < -0.4 is 20.9 Å². The molecule has 2 aliphatic rings. The number of nitrogens with two attached hydrogens (primary N) is 1. The summed E-state index contributed by atoms with van der Waals surface area (Å²) in [4.78, 5) is 39.5. The molecule has 1 aromatic heterocycles. The van der Waals surface area contributed by atoms with Crippen LogP contribution in [0.25, 0.3) is 0 Å². The molecular weight excluding hydrogens is 376 g/mol. The molecule has 29 heavy (non-hydrogen) atoms. The first kappa shape index (κ1) is 18.3. The minimum Gasteiger partial charge on any atom is -0.480 e.